The standard InChI is InChI=1S/C27H33F2N5O4S/c1-27(32(2)3)10-6-12-33(17-27)20-13-22(28)26(23(29)14-20)39(35,36)34(25-9-11-30-18-31-25)16-19-7-8-21(37-4)15-24(19)38-5/h7-9,11,13-15,18H,6,10,12,16-17H2,1-5H3/t27-/m0/s1. The number of halogens is 2. The van der Waals surface area contributed by atoms with Crippen molar-refractivity contribution in [2.45, 2.75) is 36.7 Å². The maximum atomic E-state index is 15.6. The highest BCUT2D eigenvalue weighted by Crippen LogP contribution is 2.35. The van der Waals surface area contributed by atoms with E-state index in [1.54, 1.807) is 18.2 Å². The normalized spacial score (nSPS) is 17.8. The van der Waals surface area contributed by atoms with E-state index in [1.165, 1.54) is 26.5 Å². The third kappa shape index (κ3) is 5.76. The highest BCUT2D eigenvalue weighted by molar-refractivity contribution is 7.92. The molecule has 0 N–H and O–H groups in total. The summed E-state index contributed by atoms with van der Waals surface area (Å²) in [4.78, 5) is 10.8. The first-order valence-electron chi connectivity index (χ1n) is 12.4. The van der Waals surface area contributed by atoms with Gasteiger partial charge in [-0.2, -0.15) is 0 Å². The van der Waals surface area contributed by atoms with Crippen LogP contribution >= 0.6 is 0 Å². The Morgan fingerprint density at radius 3 is 2.38 bits per heavy atom. The maximum Gasteiger partial charge on any atom is 0.271 e. The largest absolute Gasteiger partial charge is 0.497 e. The van der Waals surface area contributed by atoms with Crippen LogP contribution in [0.1, 0.15) is 25.3 Å². The van der Waals surface area contributed by atoms with Crippen LogP contribution in [-0.2, 0) is 16.6 Å². The molecule has 1 aromatic heterocycles. The zero-order chi connectivity index (χ0) is 28.4. The molecule has 210 valence electrons. The lowest BCUT2D eigenvalue weighted by atomic mass is 9.89. The SMILES string of the molecule is COc1ccc(CN(c2ccncn2)S(=O)(=O)c2c(F)cc(N3CCC[C@](C)(N(C)C)C3)cc2F)c(OC)c1. The first kappa shape index (κ1) is 28.5. The van der Waals surface area contributed by atoms with Crippen molar-refractivity contribution in [2.24, 2.45) is 0 Å². The van der Waals surface area contributed by atoms with Crippen molar-refractivity contribution in [3.63, 3.8) is 0 Å². The smallest absolute Gasteiger partial charge is 0.271 e. The van der Waals surface area contributed by atoms with Crippen LogP contribution in [0, 0.1) is 11.6 Å². The second-order valence-corrected chi connectivity index (χ2v) is 11.7. The van der Waals surface area contributed by atoms with Gasteiger partial charge in [-0.25, -0.2) is 31.5 Å². The Kier molecular flexibility index (Phi) is 8.26. The summed E-state index contributed by atoms with van der Waals surface area (Å²) in [6.45, 7) is 2.95. The van der Waals surface area contributed by atoms with Gasteiger partial charge in [0.25, 0.3) is 10.0 Å². The first-order chi connectivity index (χ1) is 18.5. The molecule has 1 fully saturated rings. The number of ether oxygens (including phenoxy) is 2. The minimum absolute atomic E-state index is 0.0523. The van der Waals surface area contributed by atoms with E-state index in [2.05, 4.69) is 21.8 Å². The number of piperidine rings is 1. The van der Waals surface area contributed by atoms with E-state index in [-0.39, 0.29) is 17.9 Å². The lowest BCUT2D eigenvalue weighted by Crippen LogP contribution is -2.54. The molecule has 0 radical (unpaired) electrons. The number of nitrogens with zero attached hydrogens (tertiary/aromatic N) is 5. The number of anilines is 2. The van der Waals surface area contributed by atoms with E-state index in [0.717, 1.165) is 35.6 Å². The van der Waals surface area contributed by atoms with E-state index in [1.807, 2.05) is 19.0 Å². The summed E-state index contributed by atoms with van der Waals surface area (Å²) in [6, 6.07) is 8.38. The van der Waals surface area contributed by atoms with Crippen molar-refractivity contribution >= 4 is 21.5 Å². The third-order valence-corrected chi connectivity index (χ3v) is 9.08. The molecule has 0 unspecified atom stereocenters. The second kappa shape index (κ2) is 11.3. The van der Waals surface area contributed by atoms with Gasteiger partial charge in [0.2, 0.25) is 0 Å². The van der Waals surface area contributed by atoms with Crippen LogP contribution in [0.2, 0.25) is 0 Å². The molecule has 1 atom stereocenters. The molecule has 39 heavy (non-hydrogen) atoms. The van der Waals surface area contributed by atoms with Crippen molar-refractivity contribution < 1.29 is 26.7 Å². The summed E-state index contributed by atoms with van der Waals surface area (Å²) >= 11 is 0. The molecule has 9 nitrogen and oxygen atoms in total. The quantitative estimate of drug-likeness (QED) is 0.386. The van der Waals surface area contributed by atoms with Gasteiger partial charge < -0.3 is 19.3 Å². The topological polar surface area (TPSA) is 88.1 Å². The molecule has 12 heteroatoms. The Bertz CT molecular complexity index is 1400. The van der Waals surface area contributed by atoms with Crippen molar-refractivity contribution in [3.8, 4) is 11.5 Å². The third-order valence-electron chi connectivity index (χ3n) is 7.28. The molecule has 1 saturated heterocycles. The molecule has 0 spiro atoms. The fraction of sp³-hybridized carbons (Fsp3) is 0.407. The average Bonchev–Trinajstić information content (AvgIpc) is 2.91. The maximum absolute atomic E-state index is 15.6. The highest BCUT2D eigenvalue weighted by atomic mass is 32.2. The van der Waals surface area contributed by atoms with Crippen molar-refractivity contribution in [3.05, 3.63) is 66.1 Å². The highest BCUT2D eigenvalue weighted by Gasteiger charge is 2.36. The van der Waals surface area contributed by atoms with E-state index < -0.39 is 26.6 Å². The Balaban J connectivity index is 1.75. The first-order valence-corrected chi connectivity index (χ1v) is 13.9. The Hall–Kier alpha value is -3.51. The van der Waals surface area contributed by atoms with Crippen LogP contribution in [0.4, 0.5) is 20.3 Å². The van der Waals surface area contributed by atoms with Crippen LogP contribution in [0.5, 0.6) is 11.5 Å². The molecule has 0 amide bonds. The van der Waals surface area contributed by atoms with Gasteiger partial charge in [0.1, 0.15) is 35.3 Å². The summed E-state index contributed by atoms with van der Waals surface area (Å²) < 4.78 is 70.5. The molecule has 3 aromatic rings. The number of methoxy groups -OCH3 is 2. The minimum atomic E-state index is -4.76. The summed E-state index contributed by atoms with van der Waals surface area (Å²) in [5.74, 6) is -1.56. The molecule has 0 aliphatic carbocycles. The van der Waals surface area contributed by atoms with Gasteiger partial charge in [0, 0.05) is 48.2 Å². The van der Waals surface area contributed by atoms with E-state index >= 15 is 8.78 Å². The number of aromatic nitrogens is 2. The monoisotopic (exact) mass is 561 g/mol. The Morgan fingerprint density at radius 2 is 1.79 bits per heavy atom. The molecular formula is C27H33F2N5O4S. The fourth-order valence-corrected chi connectivity index (χ4v) is 6.24. The van der Waals surface area contributed by atoms with Gasteiger partial charge in [0.15, 0.2) is 4.90 Å². The predicted octanol–water partition coefficient (Wildman–Crippen LogP) is 4.09. The van der Waals surface area contributed by atoms with Crippen molar-refractivity contribution in [2.75, 3.05) is 50.6 Å². The Labute approximate surface area is 228 Å². The number of likely N-dealkylation sites (N-methyl/N-ethyl adjacent to an activating group) is 1. The molecule has 0 saturated carbocycles. The number of hydrogen-bond acceptors (Lipinski definition) is 8. The van der Waals surface area contributed by atoms with Crippen molar-refractivity contribution in [1.82, 2.24) is 14.9 Å². The molecule has 1 aliphatic rings. The van der Waals surface area contributed by atoms with Gasteiger partial charge in [0.05, 0.1) is 20.8 Å². The molecule has 2 heterocycles. The summed E-state index contributed by atoms with van der Waals surface area (Å²) in [5.41, 5.74) is 0.549. The van der Waals surface area contributed by atoms with Gasteiger partial charge in [-0.3, -0.25) is 0 Å². The van der Waals surface area contributed by atoms with Gasteiger partial charge in [-0.1, -0.05) is 0 Å². The summed E-state index contributed by atoms with van der Waals surface area (Å²) in [6.07, 6.45) is 4.29. The van der Waals surface area contributed by atoms with Gasteiger partial charge >= 0.3 is 0 Å². The number of sulfonamides is 1. The van der Waals surface area contributed by atoms with Crippen LogP contribution in [0.3, 0.4) is 0 Å². The fourth-order valence-electron chi connectivity index (χ4n) is 4.75. The number of hydrogen-bond donors (Lipinski definition) is 0. The molecule has 0 bridgehead atoms. The molecule has 2 aromatic carbocycles. The summed E-state index contributed by atoms with van der Waals surface area (Å²) in [7, 11) is 2.11. The average molecular weight is 562 g/mol. The number of benzene rings is 2. The van der Waals surface area contributed by atoms with Gasteiger partial charge in [-0.15, -0.1) is 0 Å². The van der Waals surface area contributed by atoms with Gasteiger partial charge in [-0.05, 0) is 58.1 Å². The lowest BCUT2D eigenvalue weighted by Gasteiger charge is -2.45. The van der Waals surface area contributed by atoms with Crippen LogP contribution in [0.15, 0.2) is 53.8 Å². The summed E-state index contributed by atoms with van der Waals surface area (Å²) in [5, 5.41) is 0. The zero-order valence-electron chi connectivity index (χ0n) is 22.7. The minimum Gasteiger partial charge on any atom is -0.497 e. The van der Waals surface area contributed by atoms with Crippen molar-refractivity contribution in [1.29, 1.82) is 0 Å². The van der Waals surface area contributed by atoms with Crippen LogP contribution in [-0.4, -0.2) is 70.2 Å². The van der Waals surface area contributed by atoms with Crippen LogP contribution in [0.25, 0.3) is 0 Å². The van der Waals surface area contributed by atoms with E-state index in [9.17, 15) is 8.42 Å². The molecule has 1 aliphatic heterocycles. The second-order valence-electron chi connectivity index (χ2n) is 9.91. The molecular weight excluding hydrogens is 528 g/mol. The predicted molar refractivity (Wildman–Crippen MR) is 145 cm³/mol. The lowest BCUT2D eigenvalue weighted by molar-refractivity contribution is 0.147. The number of rotatable bonds is 9. The van der Waals surface area contributed by atoms with E-state index in [4.69, 9.17) is 9.47 Å². The molecule has 4 rings (SSSR count). The zero-order valence-corrected chi connectivity index (χ0v) is 23.5. The van der Waals surface area contributed by atoms with E-state index in [0.29, 0.717) is 35.8 Å². The van der Waals surface area contributed by atoms with Crippen LogP contribution < -0.4 is 18.7 Å². The Morgan fingerprint density at radius 1 is 1.08 bits per heavy atom.